The maximum absolute atomic E-state index is 11.4. The topological polar surface area (TPSA) is 97.9 Å². The minimum Gasteiger partial charge on any atom is -0.493 e. The molecule has 0 aromatic heterocycles. The zero-order valence-electron chi connectivity index (χ0n) is 15.7. The lowest BCUT2D eigenvalue weighted by molar-refractivity contribution is -0.119. The summed E-state index contributed by atoms with van der Waals surface area (Å²) in [6, 6.07) is 8.35. The van der Waals surface area contributed by atoms with Crippen LogP contribution < -0.4 is 15.2 Å². The maximum Gasteiger partial charge on any atom is 0.249 e. The lowest BCUT2D eigenvalue weighted by Crippen LogP contribution is -2.37. The number of amides is 1. The van der Waals surface area contributed by atoms with Crippen LogP contribution in [-0.4, -0.2) is 30.8 Å². The number of methoxy groups -OCH3 is 1. The predicted molar refractivity (Wildman–Crippen MR) is 98.4 cm³/mol. The zero-order valence-corrected chi connectivity index (χ0v) is 15.7. The Labute approximate surface area is 159 Å². The van der Waals surface area contributed by atoms with E-state index in [1.165, 1.54) is 12.8 Å². The standard InChI is InChI=1S/C21H26N2O4/c1-25-16-7-6-14(12-17(16)26-15-4-2-3-5-15)20(13-22)8-10-21(11-9-20)18(27-21)19(23)24/h6-7,12,15,18H,2-5,8-11H2,1H3,(H2,23,24). The molecule has 1 unspecified atom stereocenters. The van der Waals surface area contributed by atoms with E-state index in [1.807, 2.05) is 18.2 Å². The van der Waals surface area contributed by atoms with Crippen molar-refractivity contribution in [3.63, 3.8) is 0 Å². The van der Waals surface area contributed by atoms with Gasteiger partial charge in [-0.2, -0.15) is 5.26 Å². The van der Waals surface area contributed by atoms with Gasteiger partial charge in [-0.3, -0.25) is 4.79 Å². The number of benzene rings is 1. The third-order valence-corrected chi connectivity index (χ3v) is 6.51. The second-order valence-electron chi connectivity index (χ2n) is 8.05. The van der Waals surface area contributed by atoms with E-state index in [2.05, 4.69) is 6.07 Å². The highest BCUT2D eigenvalue weighted by Gasteiger charge is 2.62. The first-order valence-corrected chi connectivity index (χ1v) is 9.75. The highest BCUT2D eigenvalue weighted by Crippen LogP contribution is 2.54. The number of hydrogen-bond donors (Lipinski definition) is 1. The van der Waals surface area contributed by atoms with Crippen molar-refractivity contribution >= 4 is 5.91 Å². The molecule has 1 heterocycles. The van der Waals surface area contributed by atoms with E-state index in [0.29, 0.717) is 31.4 Å². The monoisotopic (exact) mass is 370 g/mol. The highest BCUT2D eigenvalue weighted by molar-refractivity contribution is 5.83. The lowest BCUT2D eigenvalue weighted by atomic mass is 9.66. The molecule has 1 aromatic carbocycles. The van der Waals surface area contributed by atoms with Crippen molar-refractivity contribution in [1.82, 2.24) is 0 Å². The number of nitrogens with two attached hydrogens (primary N) is 1. The third-order valence-electron chi connectivity index (χ3n) is 6.51. The molecule has 4 rings (SSSR count). The normalized spacial score (nSPS) is 32.8. The quantitative estimate of drug-likeness (QED) is 0.804. The molecule has 6 nitrogen and oxygen atoms in total. The Kier molecular flexibility index (Phi) is 4.51. The average molecular weight is 370 g/mol. The van der Waals surface area contributed by atoms with Crippen molar-refractivity contribution in [2.45, 2.75) is 74.6 Å². The van der Waals surface area contributed by atoms with Crippen molar-refractivity contribution in [1.29, 1.82) is 5.26 Å². The molecule has 1 atom stereocenters. The van der Waals surface area contributed by atoms with E-state index >= 15 is 0 Å². The fourth-order valence-electron chi connectivity index (χ4n) is 4.72. The van der Waals surface area contributed by atoms with E-state index in [1.54, 1.807) is 7.11 Å². The van der Waals surface area contributed by atoms with E-state index in [9.17, 15) is 10.1 Å². The number of carbonyl (C=O) groups is 1. The van der Waals surface area contributed by atoms with Gasteiger partial charge in [0, 0.05) is 0 Å². The van der Waals surface area contributed by atoms with Crippen LogP contribution >= 0.6 is 0 Å². The average Bonchev–Trinajstić information content (AvgIpc) is 3.15. The van der Waals surface area contributed by atoms with Crippen LogP contribution in [0.2, 0.25) is 0 Å². The zero-order chi connectivity index (χ0) is 19.1. The van der Waals surface area contributed by atoms with Gasteiger partial charge in [0.05, 0.1) is 24.7 Å². The summed E-state index contributed by atoms with van der Waals surface area (Å²) in [6.07, 6.45) is 6.85. The van der Waals surface area contributed by atoms with Gasteiger partial charge >= 0.3 is 0 Å². The molecular formula is C21H26N2O4. The minimum atomic E-state index is -0.598. The number of ether oxygens (including phenoxy) is 3. The number of rotatable bonds is 5. The van der Waals surface area contributed by atoms with Gasteiger partial charge in [-0.1, -0.05) is 6.07 Å². The van der Waals surface area contributed by atoms with Crippen molar-refractivity contribution in [2.75, 3.05) is 7.11 Å². The molecule has 27 heavy (non-hydrogen) atoms. The van der Waals surface area contributed by atoms with Gasteiger partial charge in [0.15, 0.2) is 17.6 Å². The van der Waals surface area contributed by atoms with Crippen molar-refractivity contribution in [3.05, 3.63) is 23.8 Å². The molecular weight excluding hydrogens is 344 g/mol. The van der Waals surface area contributed by atoms with Crippen LogP contribution in [0.3, 0.4) is 0 Å². The number of primary amides is 1. The van der Waals surface area contributed by atoms with Gasteiger partial charge in [-0.25, -0.2) is 0 Å². The third kappa shape index (κ3) is 3.14. The Bertz CT molecular complexity index is 771. The van der Waals surface area contributed by atoms with E-state index < -0.39 is 23.0 Å². The first-order valence-electron chi connectivity index (χ1n) is 9.75. The Hall–Kier alpha value is -2.26. The SMILES string of the molecule is COc1ccc(C2(C#N)CCC3(CC2)OC3C(N)=O)cc1OC1CCCC1. The molecule has 1 aromatic rings. The number of nitrogens with zero attached hydrogens (tertiary/aromatic N) is 1. The number of nitriles is 1. The molecule has 2 saturated carbocycles. The van der Waals surface area contributed by atoms with Crippen LogP contribution in [0.1, 0.15) is 56.9 Å². The van der Waals surface area contributed by atoms with Crippen LogP contribution in [0, 0.1) is 11.3 Å². The Balaban J connectivity index is 1.56. The number of hydrogen-bond acceptors (Lipinski definition) is 5. The molecule has 1 amide bonds. The molecule has 144 valence electrons. The van der Waals surface area contributed by atoms with Gasteiger partial charge in [0.2, 0.25) is 5.91 Å². The molecule has 1 saturated heterocycles. The minimum absolute atomic E-state index is 0.220. The largest absolute Gasteiger partial charge is 0.493 e. The molecule has 3 fully saturated rings. The lowest BCUT2D eigenvalue weighted by Gasteiger charge is -2.34. The molecule has 2 aliphatic carbocycles. The summed E-state index contributed by atoms with van der Waals surface area (Å²) in [5.41, 5.74) is 5.29. The fraction of sp³-hybridized carbons (Fsp3) is 0.619. The molecule has 2 N–H and O–H groups in total. The van der Waals surface area contributed by atoms with Crippen LogP contribution in [0.15, 0.2) is 18.2 Å². The van der Waals surface area contributed by atoms with E-state index in [4.69, 9.17) is 19.9 Å². The second-order valence-corrected chi connectivity index (χ2v) is 8.05. The number of epoxide rings is 1. The van der Waals surface area contributed by atoms with Crippen molar-refractivity contribution in [2.24, 2.45) is 5.73 Å². The molecule has 3 aliphatic rings. The van der Waals surface area contributed by atoms with Crippen molar-refractivity contribution in [3.8, 4) is 17.6 Å². The molecule has 6 heteroatoms. The molecule has 0 bridgehead atoms. The summed E-state index contributed by atoms with van der Waals surface area (Å²) >= 11 is 0. The Morgan fingerprint density at radius 1 is 1.22 bits per heavy atom. The summed E-state index contributed by atoms with van der Waals surface area (Å²) in [6.45, 7) is 0. The molecule has 0 radical (unpaired) electrons. The summed E-state index contributed by atoms with van der Waals surface area (Å²) in [5, 5.41) is 10.0. The maximum atomic E-state index is 11.4. The summed E-state index contributed by atoms with van der Waals surface area (Å²) < 4.78 is 17.3. The van der Waals surface area contributed by atoms with Crippen molar-refractivity contribution < 1.29 is 19.0 Å². The van der Waals surface area contributed by atoms with Gasteiger partial charge < -0.3 is 19.9 Å². The van der Waals surface area contributed by atoms with Crippen LogP contribution in [0.5, 0.6) is 11.5 Å². The fourth-order valence-corrected chi connectivity index (χ4v) is 4.72. The summed E-state index contributed by atoms with van der Waals surface area (Å²) in [5.74, 6) is 1.01. The molecule has 1 spiro atoms. The van der Waals surface area contributed by atoms with Crippen LogP contribution in [0.25, 0.3) is 0 Å². The smallest absolute Gasteiger partial charge is 0.249 e. The molecule has 1 aliphatic heterocycles. The Morgan fingerprint density at radius 3 is 2.48 bits per heavy atom. The first-order chi connectivity index (χ1) is 13.0. The first kappa shape index (κ1) is 18.1. The van der Waals surface area contributed by atoms with Gasteiger partial charge in [-0.15, -0.1) is 0 Å². The van der Waals surface area contributed by atoms with Crippen LogP contribution in [0.4, 0.5) is 0 Å². The van der Waals surface area contributed by atoms with Gasteiger partial charge in [0.25, 0.3) is 0 Å². The highest BCUT2D eigenvalue weighted by atomic mass is 16.6. The van der Waals surface area contributed by atoms with Crippen LogP contribution in [-0.2, 0) is 14.9 Å². The summed E-state index contributed by atoms with van der Waals surface area (Å²) in [7, 11) is 1.63. The number of carbonyl (C=O) groups excluding carboxylic acids is 1. The summed E-state index contributed by atoms with van der Waals surface area (Å²) in [4.78, 5) is 11.4. The predicted octanol–water partition coefficient (Wildman–Crippen LogP) is 2.97. The van der Waals surface area contributed by atoms with Gasteiger partial charge in [-0.05, 0) is 69.1 Å². The van der Waals surface area contributed by atoms with E-state index in [0.717, 1.165) is 24.2 Å². The van der Waals surface area contributed by atoms with E-state index in [-0.39, 0.29) is 6.10 Å². The second kappa shape index (κ2) is 6.72. The Morgan fingerprint density at radius 2 is 1.93 bits per heavy atom. The van der Waals surface area contributed by atoms with Gasteiger partial charge in [0.1, 0.15) is 5.60 Å².